The Labute approximate surface area is 97.5 Å². The minimum Gasteiger partial charge on any atom is -0.481 e. The third kappa shape index (κ3) is 2.73. The lowest BCUT2D eigenvalue weighted by Gasteiger charge is -2.14. The molecule has 0 aliphatic rings. The Balaban J connectivity index is 3.20. The molecule has 0 spiro atoms. The number of rotatable bonds is 4. The van der Waals surface area contributed by atoms with Crippen LogP contribution in [-0.2, 0) is 9.59 Å². The maximum Gasteiger partial charge on any atom is 0.311 e. The third-order valence-corrected chi connectivity index (χ3v) is 2.63. The number of aliphatic carboxylic acids is 2. The molecule has 0 aliphatic heterocycles. The lowest BCUT2D eigenvalue weighted by Crippen LogP contribution is -2.17. The monoisotopic (exact) mass is 242 g/mol. The second-order valence-corrected chi connectivity index (χ2v) is 3.87. The molecule has 16 heavy (non-hydrogen) atoms. The van der Waals surface area contributed by atoms with Gasteiger partial charge in [0.2, 0.25) is 0 Å². The highest BCUT2D eigenvalue weighted by Gasteiger charge is 2.26. The van der Waals surface area contributed by atoms with Crippen LogP contribution in [0.1, 0.15) is 23.5 Å². The summed E-state index contributed by atoms with van der Waals surface area (Å²) < 4.78 is 0. The van der Waals surface area contributed by atoms with Crippen molar-refractivity contribution in [1.29, 1.82) is 0 Å². The van der Waals surface area contributed by atoms with E-state index in [0.29, 0.717) is 11.1 Å². The van der Waals surface area contributed by atoms with Crippen molar-refractivity contribution >= 4 is 23.5 Å². The zero-order chi connectivity index (χ0) is 12.3. The van der Waals surface area contributed by atoms with Gasteiger partial charge in [-0.05, 0) is 24.1 Å². The van der Waals surface area contributed by atoms with Crippen LogP contribution >= 0.6 is 11.6 Å². The number of carboxylic acid groups (broad SMARTS) is 2. The summed E-state index contributed by atoms with van der Waals surface area (Å²) in [5.41, 5.74) is 1.06. The topological polar surface area (TPSA) is 74.6 Å². The third-order valence-electron chi connectivity index (χ3n) is 2.30. The molecule has 86 valence electrons. The van der Waals surface area contributed by atoms with Gasteiger partial charge in [0, 0.05) is 5.02 Å². The lowest BCUT2D eigenvalue weighted by molar-refractivity contribution is -0.145. The summed E-state index contributed by atoms with van der Waals surface area (Å²) in [5.74, 6) is -3.45. The summed E-state index contributed by atoms with van der Waals surface area (Å²) in [4.78, 5) is 21.6. The van der Waals surface area contributed by atoms with Crippen LogP contribution < -0.4 is 0 Å². The zero-order valence-electron chi connectivity index (χ0n) is 8.61. The zero-order valence-corrected chi connectivity index (χ0v) is 9.36. The Bertz CT molecular complexity index is 408. The fourth-order valence-electron chi connectivity index (χ4n) is 1.57. The van der Waals surface area contributed by atoms with Crippen molar-refractivity contribution < 1.29 is 19.8 Å². The van der Waals surface area contributed by atoms with E-state index in [0.717, 1.165) is 0 Å². The summed E-state index contributed by atoms with van der Waals surface area (Å²) >= 11 is 5.90. The van der Waals surface area contributed by atoms with Crippen molar-refractivity contribution in [2.45, 2.75) is 19.3 Å². The van der Waals surface area contributed by atoms with Crippen molar-refractivity contribution in [1.82, 2.24) is 0 Å². The van der Waals surface area contributed by atoms with Crippen molar-refractivity contribution in [3.05, 3.63) is 34.3 Å². The highest BCUT2D eigenvalue weighted by molar-refractivity contribution is 6.31. The predicted octanol–water partition coefficient (Wildman–Crippen LogP) is 2.29. The molecular weight excluding hydrogens is 232 g/mol. The van der Waals surface area contributed by atoms with E-state index < -0.39 is 24.3 Å². The summed E-state index contributed by atoms with van der Waals surface area (Å²) in [6.45, 7) is 1.71. The molecule has 0 radical (unpaired) electrons. The molecule has 0 saturated heterocycles. The van der Waals surface area contributed by atoms with Crippen LogP contribution in [0.25, 0.3) is 0 Å². The molecule has 0 heterocycles. The van der Waals surface area contributed by atoms with Gasteiger partial charge in [-0.3, -0.25) is 9.59 Å². The van der Waals surface area contributed by atoms with E-state index in [-0.39, 0.29) is 5.02 Å². The first-order valence-electron chi connectivity index (χ1n) is 4.63. The molecule has 4 nitrogen and oxygen atoms in total. The Kier molecular flexibility index (Phi) is 3.90. The summed E-state index contributed by atoms with van der Waals surface area (Å²) in [6, 6.07) is 4.96. The predicted molar refractivity (Wildman–Crippen MR) is 58.8 cm³/mol. The fraction of sp³-hybridized carbons (Fsp3) is 0.273. The van der Waals surface area contributed by atoms with Gasteiger partial charge in [-0.1, -0.05) is 23.7 Å². The van der Waals surface area contributed by atoms with E-state index in [2.05, 4.69) is 0 Å². The molecule has 1 rings (SSSR count). The highest BCUT2D eigenvalue weighted by atomic mass is 35.5. The smallest absolute Gasteiger partial charge is 0.311 e. The molecular formula is C11H11ClO4. The second kappa shape index (κ2) is 4.99. The van der Waals surface area contributed by atoms with Gasteiger partial charge in [0.15, 0.2) is 0 Å². The number of carboxylic acids is 2. The van der Waals surface area contributed by atoms with Crippen LogP contribution in [0.4, 0.5) is 0 Å². The first-order valence-corrected chi connectivity index (χ1v) is 5.01. The van der Waals surface area contributed by atoms with E-state index in [9.17, 15) is 9.59 Å². The molecule has 0 amide bonds. The molecule has 0 saturated carbocycles. The van der Waals surface area contributed by atoms with Gasteiger partial charge in [-0.25, -0.2) is 0 Å². The average Bonchev–Trinajstić information content (AvgIpc) is 2.15. The number of benzene rings is 1. The van der Waals surface area contributed by atoms with E-state index in [1.165, 1.54) is 0 Å². The maximum atomic E-state index is 11.0. The van der Waals surface area contributed by atoms with Gasteiger partial charge >= 0.3 is 11.9 Å². The van der Waals surface area contributed by atoms with Crippen LogP contribution in [0.5, 0.6) is 0 Å². The quantitative estimate of drug-likeness (QED) is 0.850. The van der Waals surface area contributed by atoms with Gasteiger partial charge in [0.1, 0.15) is 0 Å². The fourth-order valence-corrected chi connectivity index (χ4v) is 1.93. The Morgan fingerprint density at radius 1 is 1.38 bits per heavy atom. The van der Waals surface area contributed by atoms with Crippen LogP contribution in [0.15, 0.2) is 18.2 Å². The number of carbonyl (C=O) groups is 2. The van der Waals surface area contributed by atoms with Gasteiger partial charge in [-0.2, -0.15) is 0 Å². The van der Waals surface area contributed by atoms with Gasteiger partial charge in [0.05, 0.1) is 12.3 Å². The minimum atomic E-state index is -1.18. The number of hydrogen-bond donors (Lipinski definition) is 2. The van der Waals surface area contributed by atoms with Gasteiger partial charge in [0.25, 0.3) is 0 Å². The van der Waals surface area contributed by atoms with Gasteiger partial charge < -0.3 is 10.2 Å². The molecule has 0 fully saturated rings. The molecule has 1 atom stereocenters. The molecule has 5 heteroatoms. The molecule has 0 bridgehead atoms. The summed E-state index contributed by atoms with van der Waals surface area (Å²) in [6.07, 6.45) is -0.472. The first kappa shape index (κ1) is 12.5. The first-order chi connectivity index (χ1) is 7.43. The Morgan fingerprint density at radius 2 is 2.00 bits per heavy atom. The Morgan fingerprint density at radius 3 is 2.44 bits per heavy atom. The van der Waals surface area contributed by atoms with E-state index in [1.807, 2.05) is 0 Å². The minimum absolute atomic E-state index is 0.286. The Hall–Kier alpha value is -1.55. The number of halogens is 1. The molecule has 1 aromatic rings. The van der Waals surface area contributed by atoms with Crippen molar-refractivity contribution in [2.75, 3.05) is 0 Å². The van der Waals surface area contributed by atoms with Crippen molar-refractivity contribution in [2.24, 2.45) is 0 Å². The summed E-state index contributed by atoms with van der Waals surface area (Å²) in [5, 5.41) is 18.0. The second-order valence-electron chi connectivity index (χ2n) is 3.46. The van der Waals surface area contributed by atoms with Crippen LogP contribution in [0.3, 0.4) is 0 Å². The van der Waals surface area contributed by atoms with Gasteiger partial charge in [-0.15, -0.1) is 0 Å². The summed E-state index contributed by atoms with van der Waals surface area (Å²) in [7, 11) is 0. The van der Waals surface area contributed by atoms with E-state index in [4.69, 9.17) is 21.8 Å². The standard InChI is InChI=1S/C11H11ClO4/c1-6-3-2-4-8(12)10(6)7(11(15)16)5-9(13)14/h2-4,7H,5H2,1H3,(H,13,14)(H,15,16). The molecule has 0 aromatic heterocycles. The van der Waals surface area contributed by atoms with Crippen LogP contribution in [-0.4, -0.2) is 22.2 Å². The van der Waals surface area contributed by atoms with Crippen molar-refractivity contribution in [3.8, 4) is 0 Å². The maximum absolute atomic E-state index is 11.0. The van der Waals surface area contributed by atoms with Crippen molar-refractivity contribution in [3.63, 3.8) is 0 Å². The number of hydrogen-bond acceptors (Lipinski definition) is 2. The molecule has 1 unspecified atom stereocenters. The SMILES string of the molecule is Cc1cccc(Cl)c1C(CC(=O)O)C(=O)O. The normalized spacial score (nSPS) is 12.1. The molecule has 1 aromatic carbocycles. The largest absolute Gasteiger partial charge is 0.481 e. The van der Waals surface area contributed by atoms with E-state index in [1.54, 1.807) is 25.1 Å². The lowest BCUT2D eigenvalue weighted by atomic mass is 9.92. The average molecular weight is 243 g/mol. The van der Waals surface area contributed by atoms with E-state index >= 15 is 0 Å². The highest BCUT2D eigenvalue weighted by Crippen LogP contribution is 2.30. The molecule has 0 aliphatic carbocycles. The van der Waals surface area contributed by atoms with Crippen LogP contribution in [0, 0.1) is 6.92 Å². The molecule has 2 N–H and O–H groups in total. The van der Waals surface area contributed by atoms with Crippen LogP contribution in [0.2, 0.25) is 5.02 Å². The number of aryl methyl sites for hydroxylation is 1.